The Morgan fingerprint density at radius 1 is 0.833 bits per heavy atom. The SMILES string of the molecule is COc1ccc(OC)c(NC(=O)COC(=O)CCCC(=O)Nc2ccc(C(=O)OCC(C)C)cc2)c1. The minimum absolute atomic E-state index is 0.0240. The molecular formula is C26H32N2O8. The van der Waals surface area contributed by atoms with E-state index in [4.69, 9.17) is 18.9 Å². The molecule has 0 bridgehead atoms. The molecule has 0 spiro atoms. The number of anilines is 2. The number of carbonyl (C=O) groups excluding carboxylic acids is 4. The van der Waals surface area contributed by atoms with Crippen LogP contribution in [0.4, 0.5) is 11.4 Å². The smallest absolute Gasteiger partial charge is 0.338 e. The molecule has 0 fully saturated rings. The third kappa shape index (κ3) is 9.65. The largest absolute Gasteiger partial charge is 0.497 e. The van der Waals surface area contributed by atoms with Gasteiger partial charge in [-0.05, 0) is 48.7 Å². The van der Waals surface area contributed by atoms with Gasteiger partial charge >= 0.3 is 11.9 Å². The topological polar surface area (TPSA) is 129 Å². The predicted molar refractivity (Wildman–Crippen MR) is 133 cm³/mol. The molecule has 0 aliphatic heterocycles. The molecule has 0 aliphatic rings. The fourth-order valence-corrected chi connectivity index (χ4v) is 2.95. The molecule has 2 aromatic rings. The van der Waals surface area contributed by atoms with E-state index in [0.717, 1.165) is 0 Å². The molecule has 0 aliphatic carbocycles. The van der Waals surface area contributed by atoms with E-state index in [-0.39, 0.29) is 31.1 Å². The molecule has 2 rings (SSSR count). The van der Waals surface area contributed by atoms with E-state index in [0.29, 0.717) is 35.0 Å². The van der Waals surface area contributed by atoms with Crippen molar-refractivity contribution in [1.29, 1.82) is 0 Å². The number of benzene rings is 2. The maximum atomic E-state index is 12.1. The van der Waals surface area contributed by atoms with Crippen LogP contribution in [0.5, 0.6) is 11.5 Å². The lowest BCUT2D eigenvalue weighted by Gasteiger charge is -2.12. The zero-order valence-electron chi connectivity index (χ0n) is 20.9. The van der Waals surface area contributed by atoms with Gasteiger partial charge in [0.1, 0.15) is 11.5 Å². The summed E-state index contributed by atoms with van der Waals surface area (Å²) >= 11 is 0. The lowest BCUT2D eigenvalue weighted by atomic mass is 10.2. The fraction of sp³-hybridized carbons (Fsp3) is 0.385. The van der Waals surface area contributed by atoms with Crippen molar-refractivity contribution < 1.29 is 38.1 Å². The first-order valence-corrected chi connectivity index (χ1v) is 11.5. The van der Waals surface area contributed by atoms with Gasteiger partial charge in [-0.3, -0.25) is 14.4 Å². The van der Waals surface area contributed by atoms with Crippen LogP contribution in [0.15, 0.2) is 42.5 Å². The predicted octanol–water partition coefficient (Wildman–Crippen LogP) is 3.81. The van der Waals surface area contributed by atoms with E-state index < -0.39 is 24.5 Å². The molecule has 10 nitrogen and oxygen atoms in total. The minimum atomic E-state index is -0.597. The maximum absolute atomic E-state index is 12.1. The summed E-state index contributed by atoms with van der Waals surface area (Å²) in [6.07, 6.45) is 0.305. The normalized spacial score (nSPS) is 10.4. The fourth-order valence-electron chi connectivity index (χ4n) is 2.95. The minimum Gasteiger partial charge on any atom is -0.497 e. The average Bonchev–Trinajstić information content (AvgIpc) is 2.86. The molecule has 0 saturated carbocycles. The highest BCUT2D eigenvalue weighted by Crippen LogP contribution is 2.28. The highest BCUT2D eigenvalue weighted by Gasteiger charge is 2.13. The van der Waals surface area contributed by atoms with Crippen molar-refractivity contribution in [2.75, 3.05) is 38.1 Å². The molecule has 36 heavy (non-hydrogen) atoms. The van der Waals surface area contributed by atoms with Gasteiger partial charge in [-0.1, -0.05) is 13.8 Å². The molecule has 0 aromatic heterocycles. The van der Waals surface area contributed by atoms with Crippen molar-refractivity contribution in [1.82, 2.24) is 0 Å². The van der Waals surface area contributed by atoms with Gasteiger partial charge < -0.3 is 29.6 Å². The van der Waals surface area contributed by atoms with E-state index in [1.54, 1.807) is 42.5 Å². The van der Waals surface area contributed by atoms with Gasteiger partial charge in [-0.15, -0.1) is 0 Å². The van der Waals surface area contributed by atoms with Crippen LogP contribution >= 0.6 is 0 Å². The summed E-state index contributed by atoms with van der Waals surface area (Å²) in [4.78, 5) is 48.1. The number of methoxy groups -OCH3 is 2. The molecule has 10 heteroatoms. The maximum Gasteiger partial charge on any atom is 0.338 e. The zero-order chi connectivity index (χ0) is 26.5. The van der Waals surface area contributed by atoms with E-state index >= 15 is 0 Å². The van der Waals surface area contributed by atoms with Crippen LogP contribution in [0, 0.1) is 5.92 Å². The number of amides is 2. The lowest BCUT2D eigenvalue weighted by Crippen LogP contribution is -2.21. The van der Waals surface area contributed by atoms with Crippen molar-refractivity contribution in [2.24, 2.45) is 5.92 Å². The van der Waals surface area contributed by atoms with Crippen molar-refractivity contribution in [3.8, 4) is 11.5 Å². The Morgan fingerprint density at radius 3 is 2.19 bits per heavy atom. The summed E-state index contributed by atoms with van der Waals surface area (Å²) in [5, 5.41) is 5.30. The number of ether oxygens (including phenoxy) is 4. The molecule has 2 N–H and O–H groups in total. The quantitative estimate of drug-likeness (QED) is 0.397. The third-order valence-corrected chi connectivity index (χ3v) is 4.78. The first kappa shape index (κ1) is 28.2. The highest BCUT2D eigenvalue weighted by atomic mass is 16.5. The molecule has 0 heterocycles. The molecule has 2 aromatic carbocycles. The van der Waals surface area contributed by atoms with Crippen LogP contribution in [0.2, 0.25) is 0 Å². The van der Waals surface area contributed by atoms with Crippen LogP contribution in [0.3, 0.4) is 0 Å². The van der Waals surface area contributed by atoms with E-state index in [1.807, 2.05) is 13.8 Å². The Morgan fingerprint density at radius 2 is 1.56 bits per heavy atom. The summed E-state index contributed by atoms with van der Waals surface area (Å²) in [6, 6.07) is 11.3. The van der Waals surface area contributed by atoms with Gasteiger partial charge in [0.2, 0.25) is 5.91 Å². The Labute approximate surface area is 210 Å². The van der Waals surface area contributed by atoms with E-state index in [9.17, 15) is 19.2 Å². The van der Waals surface area contributed by atoms with Crippen LogP contribution in [0.25, 0.3) is 0 Å². The van der Waals surface area contributed by atoms with Crippen molar-refractivity contribution in [3.05, 3.63) is 48.0 Å². The summed E-state index contributed by atoms with van der Waals surface area (Å²) in [6.45, 7) is 3.76. The Hall–Kier alpha value is -4.08. The number of carbonyl (C=O) groups is 4. The Bertz CT molecular complexity index is 1050. The number of esters is 2. The van der Waals surface area contributed by atoms with Gasteiger partial charge in [-0.25, -0.2) is 4.79 Å². The summed E-state index contributed by atoms with van der Waals surface area (Å²) < 4.78 is 20.5. The first-order valence-electron chi connectivity index (χ1n) is 11.5. The van der Waals surface area contributed by atoms with Crippen molar-refractivity contribution in [3.63, 3.8) is 0 Å². The highest BCUT2D eigenvalue weighted by molar-refractivity contribution is 5.95. The second-order valence-electron chi connectivity index (χ2n) is 8.25. The molecule has 2 amide bonds. The van der Waals surface area contributed by atoms with Gasteiger partial charge in [0.05, 0.1) is 32.1 Å². The van der Waals surface area contributed by atoms with Crippen molar-refractivity contribution >= 4 is 35.1 Å². The van der Waals surface area contributed by atoms with Crippen LogP contribution in [-0.4, -0.2) is 51.2 Å². The molecule has 194 valence electrons. The van der Waals surface area contributed by atoms with Crippen LogP contribution < -0.4 is 20.1 Å². The first-order chi connectivity index (χ1) is 17.2. The van der Waals surface area contributed by atoms with E-state index in [1.165, 1.54) is 14.2 Å². The lowest BCUT2D eigenvalue weighted by molar-refractivity contribution is -0.147. The van der Waals surface area contributed by atoms with Gasteiger partial charge in [0, 0.05) is 24.6 Å². The van der Waals surface area contributed by atoms with E-state index in [2.05, 4.69) is 10.6 Å². The Balaban J connectivity index is 1.69. The van der Waals surface area contributed by atoms with Gasteiger partial charge in [0.15, 0.2) is 6.61 Å². The van der Waals surface area contributed by atoms with Crippen molar-refractivity contribution in [2.45, 2.75) is 33.1 Å². The standard InChI is InChI=1S/C26H32N2O8/c1-17(2)15-36-26(32)18-8-10-19(11-9-18)27-23(29)6-5-7-25(31)35-16-24(30)28-21-14-20(33-3)12-13-22(21)34-4/h8-14,17H,5-7,15-16H2,1-4H3,(H,27,29)(H,28,30). The third-order valence-electron chi connectivity index (χ3n) is 4.78. The Kier molecular flexibility index (Phi) is 11.2. The number of hydrogen-bond donors (Lipinski definition) is 2. The summed E-state index contributed by atoms with van der Waals surface area (Å²) in [7, 11) is 2.96. The molecule has 0 unspecified atom stereocenters. The second kappa shape index (κ2) is 14.3. The number of rotatable bonds is 13. The number of nitrogens with one attached hydrogen (secondary N) is 2. The molecule has 0 radical (unpaired) electrons. The van der Waals surface area contributed by atoms with Crippen LogP contribution in [-0.2, 0) is 23.9 Å². The average molecular weight is 501 g/mol. The molecular weight excluding hydrogens is 468 g/mol. The molecule has 0 saturated heterocycles. The monoisotopic (exact) mass is 500 g/mol. The van der Waals surface area contributed by atoms with Gasteiger partial charge in [-0.2, -0.15) is 0 Å². The second-order valence-corrected chi connectivity index (χ2v) is 8.25. The van der Waals surface area contributed by atoms with Crippen LogP contribution in [0.1, 0.15) is 43.5 Å². The summed E-state index contributed by atoms with van der Waals surface area (Å²) in [5.41, 5.74) is 1.30. The summed E-state index contributed by atoms with van der Waals surface area (Å²) in [5.74, 6) is -0.644. The number of hydrogen-bond acceptors (Lipinski definition) is 8. The van der Waals surface area contributed by atoms with Gasteiger partial charge in [0.25, 0.3) is 5.91 Å². The molecule has 0 atom stereocenters. The zero-order valence-corrected chi connectivity index (χ0v) is 20.9.